The van der Waals surface area contributed by atoms with Gasteiger partial charge in [-0.15, -0.1) is 10.2 Å². The standard InChI is InChI=1S/C17H21N3O3S2/c1-5-25(22,23)16-20-19-15(24-16)18-14(21)11-8-12-6-9-13(10-7-12)17(2,3)4/h6-11H,5H2,1-4H3,(H,18,19,21). The van der Waals surface area contributed by atoms with Crippen molar-refractivity contribution in [3.63, 3.8) is 0 Å². The number of amides is 1. The molecule has 0 bridgehead atoms. The Morgan fingerprint density at radius 3 is 2.40 bits per heavy atom. The van der Waals surface area contributed by atoms with E-state index in [0.29, 0.717) is 0 Å². The van der Waals surface area contributed by atoms with E-state index in [1.165, 1.54) is 18.6 Å². The van der Waals surface area contributed by atoms with E-state index in [9.17, 15) is 13.2 Å². The Bertz CT molecular complexity index is 877. The molecule has 0 atom stereocenters. The van der Waals surface area contributed by atoms with Crippen LogP contribution >= 0.6 is 11.3 Å². The lowest BCUT2D eigenvalue weighted by atomic mass is 9.87. The average molecular weight is 380 g/mol. The van der Waals surface area contributed by atoms with Crippen molar-refractivity contribution in [2.24, 2.45) is 0 Å². The van der Waals surface area contributed by atoms with Gasteiger partial charge in [-0.05, 0) is 22.6 Å². The van der Waals surface area contributed by atoms with E-state index in [2.05, 4.69) is 36.3 Å². The topological polar surface area (TPSA) is 89.0 Å². The normalized spacial score (nSPS) is 12.5. The van der Waals surface area contributed by atoms with Crippen molar-refractivity contribution in [3.05, 3.63) is 41.5 Å². The number of anilines is 1. The summed E-state index contributed by atoms with van der Waals surface area (Å²) in [5.41, 5.74) is 2.19. The third-order valence-electron chi connectivity index (χ3n) is 3.49. The van der Waals surface area contributed by atoms with E-state index in [4.69, 9.17) is 0 Å². The summed E-state index contributed by atoms with van der Waals surface area (Å²) in [5, 5.41) is 9.97. The second-order valence-electron chi connectivity index (χ2n) is 6.47. The predicted molar refractivity (Wildman–Crippen MR) is 100 cm³/mol. The van der Waals surface area contributed by atoms with Crippen molar-refractivity contribution in [2.45, 2.75) is 37.4 Å². The first-order valence-electron chi connectivity index (χ1n) is 7.77. The number of carbonyl (C=O) groups is 1. The van der Waals surface area contributed by atoms with Gasteiger partial charge in [0.05, 0.1) is 5.75 Å². The molecule has 1 N–H and O–H groups in total. The molecule has 0 fully saturated rings. The maximum Gasteiger partial charge on any atom is 0.250 e. The lowest BCUT2D eigenvalue weighted by Crippen LogP contribution is -2.10. The maximum absolute atomic E-state index is 11.9. The van der Waals surface area contributed by atoms with Crippen LogP contribution in [0.4, 0.5) is 5.13 Å². The summed E-state index contributed by atoms with van der Waals surface area (Å²) in [6, 6.07) is 7.96. The van der Waals surface area contributed by atoms with E-state index in [-0.39, 0.29) is 20.6 Å². The molecule has 2 aromatic rings. The van der Waals surface area contributed by atoms with Gasteiger partial charge >= 0.3 is 0 Å². The fourth-order valence-corrected chi connectivity index (χ4v) is 3.91. The van der Waals surface area contributed by atoms with Crippen LogP contribution in [0.15, 0.2) is 34.7 Å². The van der Waals surface area contributed by atoms with Crippen molar-refractivity contribution in [1.82, 2.24) is 10.2 Å². The number of nitrogens with zero attached hydrogens (tertiary/aromatic N) is 2. The number of carbonyl (C=O) groups excluding carboxylic acids is 1. The van der Waals surface area contributed by atoms with Gasteiger partial charge in [0.2, 0.25) is 25.2 Å². The van der Waals surface area contributed by atoms with Gasteiger partial charge in [-0.1, -0.05) is 63.3 Å². The Hall–Kier alpha value is -2.06. The fraction of sp³-hybridized carbons (Fsp3) is 0.353. The highest BCUT2D eigenvalue weighted by molar-refractivity contribution is 7.93. The highest BCUT2D eigenvalue weighted by atomic mass is 32.2. The molecule has 1 amide bonds. The Labute approximate surface area is 151 Å². The van der Waals surface area contributed by atoms with E-state index in [0.717, 1.165) is 16.9 Å². The molecule has 0 aliphatic carbocycles. The first-order valence-corrected chi connectivity index (χ1v) is 10.2. The highest BCUT2D eigenvalue weighted by Gasteiger charge is 2.18. The highest BCUT2D eigenvalue weighted by Crippen LogP contribution is 2.23. The largest absolute Gasteiger partial charge is 0.297 e. The van der Waals surface area contributed by atoms with Crippen molar-refractivity contribution in [2.75, 3.05) is 11.1 Å². The summed E-state index contributed by atoms with van der Waals surface area (Å²) in [6.07, 6.45) is 3.06. The molecule has 2 rings (SSSR count). The van der Waals surface area contributed by atoms with Crippen LogP contribution in [-0.4, -0.2) is 30.3 Å². The lowest BCUT2D eigenvalue weighted by Gasteiger charge is -2.18. The number of benzene rings is 1. The first kappa shape index (κ1) is 19.3. The van der Waals surface area contributed by atoms with Crippen molar-refractivity contribution >= 4 is 38.3 Å². The molecule has 1 aromatic heterocycles. The minimum absolute atomic E-state index is 0.0555. The van der Waals surface area contributed by atoms with Gasteiger partial charge < -0.3 is 0 Å². The molecule has 0 saturated carbocycles. The van der Waals surface area contributed by atoms with Crippen LogP contribution in [0.5, 0.6) is 0 Å². The van der Waals surface area contributed by atoms with Gasteiger partial charge in [0, 0.05) is 6.08 Å². The molecule has 0 saturated heterocycles. The third kappa shape index (κ3) is 5.20. The number of sulfone groups is 1. The summed E-state index contributed by atoms with van der Waals surface area (Å²) in [5.74, 6) is -0.448. The molecule has 0 aliphatic rings. The molecule has 25 heavy (non-hydrogen) atoms. The van der Waals surface area contributed by atoms with Crippen LogP contribution in [0, 0.1) is 0 Å². The molecule has 0 spiro atoms. The molecule has 0 aliphatic heterocycles. The van der Waals surface area contributed by atoms with Crippen molar-refractivity contribution in [3.8, 4) is 0 Å². The smallest absolute Gasteiger partial charge is 0.250 e. The summed E-state index contributed by atoms with van der Waals surface area (Å²) in [6.45, 7) is 7.95. The molecule has 134 valence electrons. The van der Waals surface area contributed by atoms with Gasteiger partial charge in [-0.3, -0.25) is 10.1 Å². The minimum Gasteiger partial charge on any atom is -0.297 e. The minimum atomic E-state index is -3.41. The third-order valence-corrected chi connectivity index (χ3v) is 6.51. The Kier molecular flexibility index (Phi) is 5.74. The van der Waals surface area contributed by atoms with Crippen LogP contribution in [0.2, 0.25) is 0 Å². The fourth-order valence-electron chi connectivity index (χ4n) is 1.92. The van der Waals surface area contributed by atoms with Gasteiger partial charge in [0.1, 0.15) is 0 Å². The zero-order valence-corrected chi connectivity index (χ0v) is 16.2. The molecule has 0 unspecified atom stereocenters. The van der Waals surface area contributed by atoms with E-state index in [1.807, 2.05) is 24.3 Å². The second-order valence-corrected chi connectivity index (χ2v) is 9.90. The zero-order valence-electron chi connectivity index (χ0n) is 14.6. The van der Waals surface area contributed by atoms with Gasteiger partial charge in [0.15, 0.2) is 0 Å². The Balaban J connectivity index is 2.02. The van der Waals surface area contributed by atoms with Crippen LogP contribution in [0.3, 0.4) is 0 Å². The maximum atomic E-state index is 11.9. The summed E-state index contributed by atoms with van der Waals surface area (Å²) < 4.78 is 23.3. The Morgan fingerprint density at radius 2 is 1.84 bits per heavy atom. The molecular formula is C17H21N3O3S2. The molecule has 8 heteroatoms. The van der Waals surface area contributed by atoms with Gasteiger partial charge in [-0.25, -0.2) is 8.42 Å². The SMILES string of the molecule is CCS(=O)(=O)c1nnc(NC(=O)C=Cc2ccc(C(C)(C)C)cc2)s1. The van der Waals surface area contributed by atoms with Crippen LogP contribution in [0.25, 0.3) is 6.08 Å². The number of aromatic nitrogens is 2. The van der Waals surface area contributed by atoms with Crippen molar-refractivity contribution < 1.29 is 13.2 Å². The average Bonchev–Trinajstić information content (AvgIpc) is 3.02. The summed E-state index contributed by atoms with van der Waals surface area (Å²) >= 11 is 0.843. The van der Waals surface area contributed by atoms with E-state index in [1.54, 1.807) is 6.08 Å². The Morgan fingerprint density at radius 1 is 1.20 bits per heavy atom. The molecule has 1 heterocycles. The quantitative estimate of drug-likeness (QED) is 0.636. The number of rotatable bonds is 5. The number of nitrogens with one attached hydrogen (secondary N) is 1. The zero-order chi connectivity index (χ0) is 18.7. The van der Waals surface area contributed by atoms with Gasteiger partial charge in [-0.2, -0.15) is 0 Å². The van der Waals surface area contributed by atoms with Crippen molar-refractivity contribution in [1.29, 1.82) is 0 Å². The summed E-state index contributed by atoms with van der Waals surface area (Å²) in [7, 11) is -3.41. The molecule has 1 aromatic carbocycles. The molecule has 6 nitrogen and oxygen atoms in total. The lowest BCUT2D eigenvalue weighted by molar-refractivity contribution is -0.111. The predicted octanol–water partition coefficient (Wildman–Crippen LogP) is 3.28. The second kappa shape index (κ2) is 7.45. The van der Waals surface area contributed by atoms with Crippen LogP contribution < -0.4 is 5.32 Å². The van der Waals surface area contributed by atoms with Crippen LogP contribution in [0.1, 0.15) is 38.8 Å². The number of hydrogen-bond donors (Lipinski definition) is 1. The molecular weight excluding hydrogens is 358 g/mol. The monoisotopic (exact) mass is 379 g/mol. The number of hydrogen-bond acceptors (Lipinski definition) is 6. The van der Waals surface area contributed by atoms with E-state index < -0.39 is 15.7 Å². The first-order chi connectivity index (χ1) is 11.6. The van der Waals surface area contributed by atoms with E-state index >= 15 is 0 Å². The molecule has 0 radical (unpaired) electrons. The van der Waals surface area contributed by atoms with Gasteiger partial charge in [0.25, 0.3) is 0 Å². The summed E-state index contributed by atoms with van der Waals surface area (Å²) in [4.78, 5) is 11.9. The van der Waals surface area contributed by atoms with Crippen LogP contribution in [-0.2, 0) is 20.0 Å².